The summed E-state index contributed by atoms with van der Waals surface area (Å²) < 4.78 is 12.3. The molecule has 9 heteroatoms. The first kappa shape index (κ1) is 22.2. The number of carbonyl (C=O) groups is 1. The molecule has 1 N–H and O–H groups in total. The number of amides is 1. The van der Waals surface area contributed by atoms with Crippen molar-refractivity contribution in [2.45, 2.75) is 18.2 Å². The Hall–Kier alpha value is -3.56. The van der Waals surface area contributed by atoms with Gasteiger partial charge in [-0.3, -0.25) is 14.2 Å². The Balaban J connectivity index is 1.33. The summed E-state index contributed by atoms with van der Waals surface area (Å²) in [6, 6.07) is 15.4. The SMILES string of the molecule is C=CCn1c(SCC(=O)NCc2ccc3c(c2)OCO3)nc2scc(-c3ccccc3)c2c1=O. The molecule has 0 atom stereocenters. The van der Waals surface area contributed by atoms with E-state index in [1.165, 1.54) is 23.1 Å². The summed E-state index contributed by atoms with van der Waals surface area (Å²) >= 11 is 2.67. The number of carbonyl (C=O) groups excluding carboxylic acids is 1. The van der Waals surface area contributed by atoms with E-state index in [2.05, 4.69) is 11.9 Å². The zero-order chi connectivity index (χ0) is 23.5. The lowest BCUT2D eigenvalue weighted by molar-refractivity contribution is -0.118. The first-order valence-electron chi connectivity index (χ1n) is 10.6. The van der Waals surface area contributed by atoms with Crippen LogP contribution in [0.3, 0.4) is 0 Å². The highest BCUT2D eigenvalue weighted by atomic mass is 32.2. The van der Waals surface area contributed by atoms with Gasteiger partial charge in [-0.2, -0.15) is 0 Å². The number of benzene rings is 2. The molecule has 0 fully saturated rings. The molecule has 0 unspecified atom stereocenters. The number of fused-ring (bicyclic) bond motifs is 2. The molecular weight excluding hydrogens is 470 g/mol. The van der Waals surface area contributed by atoms with Gasteiger partial charge in [-0.05, 0) is 23.3 Å². The van der Waals surface area contributed by atoms with Gasteiger partial charge >= 0.3 is 0 Å². The van der Waals surface area contributed by atoms with Gasteiger partial charge in [0.25, 0.3) is 5.56 Å². The zero-order valence-electron chi connectivity index (χ0n) is 18.2. The Labute approximate surface area is 204 Å². The average Bonchev–Trinajstić information content (AvgIpc) is 3.51. The van der Waals surface area contributed by atoms with Crippen LogP contribution < -0.4 is 20.3 Å². The summed E-state index contributed by atoms with van der Waals surface area (Å²) in [5.74, 6) is 1.36. The highest BCUT2D eigenvalue weighted by molar-refractivity contribution is 7.99. The largest absolute Gasteiger partial charge is 0.454 e. The molecular formula is C25H21N3O4S2. The second-order valence-corrected chi connectivity index (χ2v) is 9.35. The van der Waals surface area contributed by atoms with Gasteiger partial charge in [-0.15, -0.1) is 17.9 Å². The minimum atomic E-state index is -0.154. The van der Waals surface area contributed by atoms with Gasteiger partial charge in [0.1, 0.15) is 4.83 Å². The molecule has 0 aliphatic carbocycles. The highest BCUT2D eigenvalue weighted by Gasteiger charge is 2.18. The first-order valence-corrected chi connectivity index (χ1v) is 12.5. The third-order valence-corrected chi connectivity index (χ3v) is 7.16. The number of allylic oxidation sites excluding steroid dienone is 1. The molecule has 0 saturated carbocycles. The van der Waals surface area contributed by atoms with Crippen molar-refractivity contribution >= 4 is 39.2 Å². The van der Waals surface area contributed by atoms with Crippen molar-refractivity contribution in [1.82, 2.24) is 14.9 Å². The Morgan fingerprint density at radius 3 is 2.85 bits per heavy atom. The number of rotatable bonds is 8. The molecule has 5 rings (SSSR count). The van der Waals surface area contributed by atoms with Crippen LogP contribution in [-0.2, 0) is 17.9 Å². The number of nitrogens with one attached hydrogen (secondary N) is 1. The number of thiophene rings is 1. The molecule has 0 saturated heterocycles. The second-order valence-electron chi connectivity index (χ2n) is 7.55. The van der Waals surface area contributed by atoms with Crippen LogP contribution >= 0.6 is 23.1 Å². The maximum absolute atomic E-state index is 13.4. The molecule has 4 aromatic rings. The molecule has 1 aliphatic rings. The predicted molar refractivity (Wildman–Crippen MR) is 135 cm³/mol. The van der Waals surface area contributed by atoms with E-state index in [0.29, 0.717) is 40.0 Å². The minimum Gasteiger partial charge on any atom is -0.454 e. The number of nitrogens with zero attached hydrogens (tertiary/aromatic N) is 2. The van der Waals surface area contributed by atoms with Crippen molar-refractivity contribution in [3.05, 3.63) is 82.5 Å². The molecule has 34 heavy (non-hydrogen) atoms. The Morgan fingerprint density at radius 1 is 1.21 bits per heavy atom. The van der Waals surface area contributed by atoms with Crippen molar-refractivity contribution in [3.63, 3.8) is 0 Å². The number of hydrogen-bond acceptors (Lipinski definition) is 7. The van der Waals surface area contributed by atoms with Crippen molar-refractivity contribution in [1.29, 1.82) is 0 Å². The quantitative estimate of drug-likeness (QED) is 0.223. The van der Waals surface area contributed by atoms with Crippen LogP contribution in [0.15, 0.2) is 76.5 Å². The van der Waals surface area contributed by atoms with E-state index < -0.39 is 0 Å². The zero-order valence-corrected chi connectivity index (χ0v) is 19.8. The van der Waals surface area contributed by atoms with E-state index in [4.69, 9.17) is 14.5 Å². The number of hydrogen-bond donors (Lipinski definition) is 1. The van der Waals surface area contributed by atoms with Crippen LogP contribution in [0, 0.1) is 0 Å². The Bertz CT molecular complexity index is 1430. The van der Waals surface area contributed by atoms with Crippen molar-refractivity contribution < 1.29 is 14.3 Å². The predicted octanol–water partition coefficient (Wildman–Crippen LogP) is 4.45. The van der Waals surface area contributed by atoms with E-state index in [1.54, 1.807) is 10.6 Å². The molecule has 1 amide bonds. The third kappa shape index (κ3) is 4.44. The molecule has 0 spiro atoms. The summed E-state index contributed by atoms with van der Waals surface area (Å²) in [7, 11) is 0. The number of aromatic nitrogens is 2. The second kappa shape index (κ2) is 9.74. The van der Waals surface area contributed by atoms with Gasteiger partial charge in [0.05, 0.1) is 11.1 Å². The van der Waals surface area contributed by atoms with E-state index >= 15 is 0 Å². The molecule has 0 radical (unpaired) electrons. The standard InChI is InChI=1S/C25H21N3O4S2/c1-2-10-28-24(30)22-18(17-6-4-3-5-7-17)13-33-23(22)27-25(28)34-14-21(29)26-12-16-8-9-19-20(11-16)32-15-31-19/h2-9,11,13H,1,10,12,14-15H2,(H,26,29). The summed E-state index contributed by atoms with van der Waals surface area (Å²) in [5.41, 5.74) is 2.63. The molecule has 0 bridgehead atoms. The third-order valence-electron chi connectivity index (χ3n) is 5.31. The normalized spacial score (nSPS) is 12.1. The van der Waals surface area contributed by atoms with Crippen molar-refractivity contribution in [3.8, 4) is 22.6 Å². The van der Waals surface area contributed by atoms with Gasteiger partial charge in [0.15, 0.2) is 16.7 Å². The van der Waals surface area contributed by atoms with Gasteiger partial charge in [-0.25, -0.2) is 4.98 Å². The van der Waals surface area contributed by atoms with Gasteiger partial charge < -0.3 is 14.8 Å². The highest BCUT2D eigenvalue weighted by Crippen LogP contribution is 2.33. The summed E-state index contributed by atoms with van der Waals surface area (Å²) in [5, 5.41) is 5.95. The molecule has 7 nitrogen and oxygen atoms in total. The molecule has 172 valence electrons. The van der Waals surface area contributed by atoms with E-state index in [-0.39, 0.29) is 24.0 Å². The van der Waals surface area contributed by atoms with E-state index in [1.807, 2.05) is 53.9 Å². The van der Waals surface area contributed by atoms with E-state index in [9.17, 15) is 9.59 Å². The maximum atomic E-state index is 13.4. The van der Waals surface area contributed by atoms with Crippen LogP contribution in [0.4, 0.5) is 0 Å². The topological polar surface area (TPSA) is 82.5 Å². The van der Waals surface area contributed by atoms with Crippen LogP contribution in [0.25, 0.3) is 21.3 Å². The summed E-state index contributed by atoms with van der Waals surface area (Å²) in [4.78, 5) is 31.3. The average molecular weight is 492 g/mol. The fourth-order valence-corrected chi connectivity index (χ4v) is 5.50. The van der Waals surface area contributed by atoms with Crippen LogP contribution in [0.5, 0.6) is 11.5 Å². The fraction of sp³-hybridized carbons (Fsp3) is 0.160. The lowest BCUT2D eigenvalue weighted by atomic mass is 10.1. The molecule has 3 heterocycles. The number of ether oxygens (including phenoxy) is 2. The Morgan fingerprint density at radius 2 is 2.03 bits per heavy atom. The van der Waals surface area contributed by atoms with Crippen molar-refractivity contribution in [2.75, 3.05) is 12.5 Å². The van der Waals surface area contributed by atoms with Gasteiger partial charge in [-0.1, -0.05) is 54.2 Å². The molecule has 2 aromatic carbocycles. The maximum Gasteiger partial charge on any atom is 0.263 e. The lowest BCUT2D eigenvalue weighted by Gasteiger charge is -2.11. The first-order chi connectivity index (χ1) is 16.6. The smallest absolute Gasteiger partial charge is 0.263 e. The lowest BCUT2D eigenvalue weighted by Crippen LogP contribution is -2.26. The molecule has 1 aliphatic heterocycles. The van der Waals surface area contributed by atoms with E-state index in [0.717, 1.165) is 16.7 Å². The summed E-state index contributed by atoms with van der Waals surface area (Å²) in [6.07, 6.45) is 1.66. The minimum absolute atomic E-state index is 0.131. The summed E-state index contributed by atoms with van der Waals surface area (Å²) in [6.45, 7) is 4.67. The molecule has 2 aromatic heterocycles. The van der Waals surface area contributed by atoms with Crippen LogP contribution in [0.1, 0.15) is 5.56 Å². The number of thioether (sulfide) groups is 1. The monoisotopic (exact) mass is 491 g/mol. The fourth-order valence-electron chi connectivity index (χ4n) is 3.67. The van der Waals surface area contributed by atoms with Crippen LogP contribution in [0.2, 0.25) is 0 Å². The Kier molecular flexibility index (Phi) is 6.37. The van der Waals surface area contributed by atoms with Crippen molar-refractivity contribution in [2.24, 2.45) is 0 Å². The van der Waals surface area contributed by atoms with Crippen LogP contribution in [-0.4, -0.2) is 28.0 Å². The van der Waals surface area contributed by atoms with Gasteiger partial charge in [0, 0.05) is 24.0 Å². The van der Waals surface area contributed by atoms with Gasteiger partial charge in [0.2, 0.25) is 12.7 Å².